The van der Waals surface area contributed by atoms with Crippen molar-refractivity contribution in [2.45, 2.75) is 13.5 Å². The molecule has 0 spiro atoms. The van der Waals surface area contributed by atoms with Crippen molar-refractivity contribution in [3.63, 3.8) is 0 Å². The number of aromatic nitrogens is 2. The molecule has 1 N–H and O–H groups in total. The Labute approximate surface area is 98.1 Å². The lowest BCUT2D eigenvalue weighted by molar-refractivity contribution is 0.553. The van der Waals surface area contributed by atoms with Crippen molar-refractivity contribution in [1.82, 2.24) is 15.1 Å². The molecular formula is C12H13F2N3. The third-order valence-electron chi connectivity index (χ3n) is 2.49. The van der Waals surface area contributed by atoms with E-state index in [1.165, 1.54) is 16.8 Å². The summed E-state index contributed by atoms with van der Waals surface area (Å²) in [5.41, 5.74) is 0.993. The second-order valence-electron chi connectivity index (χ2n) is 3.81. The summed E-state index contributed by atoms with van der Waals surface area (Å²) < 4.78 is 28.6. The first-order valence-corrected chi connectivity index (χ1v) is 5.27. The maximum atomic E-state index is 13.8. The van der Waals surface area contributed by atoms with Crippen LogP contribution in [0.4, 0.5) is 8.78 Å². The fourth-order valence-electron chi connectivity index (χ4n) is 1.61. The summed E-state index contributed by atoms with van der Waals surface area (Å²) in [6.45, 7) is 2.15. The number of nitrogens with zero attached hydrogens (tertiary/aromatic N) is 2. The van der Waals surface area contributed by atoms with Gasteiger partial charge in [-0.1, -0.05) is 6.07 Å². The molecule has 90 valence electrons. The highest BCUT2D eigenvalue weighted by Gasteiger charge is 2.14. The molecule has 0 atom stereocenters. The molecule has 0 amide bonds. The highest BCUT2D eigenvalue weighted by Crippen LogP contribution is 2.20. The van der Waals surface area contributed by atoms with Crippen molar-refractivity contribution in [2.75, 3.05) is 7.05 Å². The number of benzene rings is 1. The summed E-state index contributed by atoms with van der Waals surface area (Å²) in [4.78, 5) is 0. The van der Waals surface area contributed by atoms with E-state index in [1.54, 1.807) is 26.2 Å². The second-order valence-corrected chi connectivity index (χ2v) is 3.81. The SMILES string of the molecule is CNCc1ccn(-c2c(F)ccc(C)c2F)n1. The summed E-state index contributed by atoms with van der Waals surface area (Å²) in [6.07, 6.45) is 1.55. The monoisotopic (exact) mass is 237 g/mol. The summed E-state index contributed by atoms with van der Waals surface area (Å²) in [5.74, 6) is -1.20. The zero-order valence-corrected chi connectivity index (χ0v) is 9.67. The largest absolute Gasteiger partial charge is 0.314 e. The van der Waals surface area contributed by atoms with Crippen LogP contribution in [0, 0.1) is 18.6 Å². The van der Waals surface area contributed by atoms with Gasteiger partial charge in [-0.3, -0.25) is 0 Å². The number of hydrogen-bond donors (Lipinski definition) is 1. The van der Waals surface area contributed by atoms with Crippen LogP contribution >= 0.6 is 0 Å². The number of aryl methyl sites for hydroxylation is 1. The van der Waals surface area contributed by atoms with E-state index in [0.29, 0.717) is 12.1 Å². The molecule has 0 aliphatic heterocycles. The van der Waals surface area contributed by atoms with E-state index in [-0.39, 0.29) is 5.69 Å². The van der Waals surface area contributed by atoms with Gasteiger partial charge in [-0.25, -0.2) is 13.5 Å². The molecule has 0 bridgehead atoms. The van der Waals surface area contributed by atoms with Crippen LogP contribution in [0.25, 0.3) is 5.69 Å². The minimum Gasteiger partial charge on any atom is -0.314 e. The Balaban J connectivity index is 2.48. The Hall–Kier alpha value is -1.75. The molecule has 1 aromatic heterocycles. The Kier molecular flexibility index (Phi) is 3.19. The van der Waals surface area contributed by atoms with Crippen LogP contribution in [0.1, 0.15) is 11.3 Å². The van der Waals surface area contributed by atoms with E-state index < -0.39 is 11.6 Å². The predicted molar refractivity (Wildman–Crippen MR) is 61.0 cm³/mol. The molecule has 1 aromatic carbocycles. The van der Waals surface area contributed by atoms with Crippen LogP contribution in [0.15, 0.2) is 24.4 Å². The van der Waals surface area contributed by atoms with Crippen LogP contribution in [0.5, 0.6) is 0 Å². The Morgan fingerprint density at radius 2 is 2.06 bits per heavy atom. The van der Waals surface area contributed by atoms with Crippen molar-refractivity contribution >= 4 is 0 Å². The molecular weight excluding hydrogens is 224 g/mol. The summed E-state index contributed by atoms with van der Waals surface area (Å²) in [6, 6.07) is 4.37. The second kappa shape index (κ2) is 4.63. The van der Waals surface area contributed by atoms with Crippen LogP contribution in [0.3, 0.4) is 0 Å². The van der Waals surface area contributed by atoms with E-state index in [2.05, 4.69) is 10.4 Å². The van der Waals surface area contributed by atoms with E-state index in [9.17, 15) is 8.78 Å². The van der Waals surface area contributed by atoms with E-state index in [0.717, 1.165) is 5.69 Å². The van der Waals surface area contributed by atoms with Gasteiger partial charge in [-0.15, -0.1) is 0 Å². The lowest BCUT2D eigenvalue weighted by Gasteiger charge is -2.06. The fraction of sp³-hybridized carbons (Fsp3) is 0.250. The number of halogens is 2. The summed E-state index contributed by atoms with van der Waals surface area (Å²) in [7, 11) is 1.78. The van der Waals surface area contributed by atoms with Crippen molar-refractivity contribution in [1.29, 1.82) is 0 Å². The van der Waals surface area contributed by atoms with Crippen molar-refractivity contribution in [3.05, 3.63) is 47.3 Å². The molecule has 0 fully saturated rings. The van der Waals surface area contributed by atoms with Gasteiger partial charge in [0.25, 0.3) is 0 Å². The number of nitrogens with one attached hydrogen (secondary N) is 1. The average molecular weight is 237 g/mol. The molecule has 5 heteroatoms. The maximum absolute atomic E-state index is 13.8. The quantitative estimate of drug-likeness (QED) is 0.886. The van der Waals surface area contributed by atoms with Gasteiger partial charge < -0.3 is 5.32 Å². The highest BCUT2D eigenvalue weighted by atomic mass is 19.1. The molecule has 0 radical (unpaired) electrons. The molecule has 3 nitrogen and oxygen atoms in total. The van der Waals surface area contributed by atoms with Gasteiger partial charge >= 0.3 is 0 Å². The standard InChI is InChI=1S/C12H13F2N3/c1-8-3-4-10(13)12(11(8)14)17-6-5-9(16-17)7-15-2/h3-6,15H,7H2,1-2H3. The number of rotatable bonds is 3. The van der Waals surface area contributed by atoms with Crippen molar-refractivity contribution in [3.8, 4) is 5.69 Å². The summed E-state index contributed by atoms with van der Waals surface area (Å²) in [5, 5.41) is 7.03. The Morgan fingerprint density at radius 3 is 2.76 bits per heavy atom. The summed E-state index contributed by atoms with van der Waals surface area (Å²) >= 11 is 0. The van der Waals surface area contributed by atoms with E-state index in [4.69, 9.17) is 0 Å². The Bertz CT molecular complexity index is 535. The normalized spacial score (nSPS) is 10.8. The third kappa shape index (κ3) is 2.19. The minimum absolute atomic E-state index is 0.132. The molecule has 0 saturated carbocycles. The molecule has 0 unspecified atom stereocenters. The van der Waals surface area contributed by atoms with Gasteiger partial charge in [-0.05, 0) is 31.7 Å². The molecule has 2 rings (SSSR count). The van der Waals surface area contributed by atoms with Crippen LogP contribution in [-0.4, -0.2) is 16.8 Å². The van der Waals surface area contributed by atoms with Crippen molar-refractivity contribution in [2.24, 2.45) is 0 Å². The zero-order valence-electron chi connectivity index (χ0n) is 9.67. The smallest absolute Gasteiger partial charge is 0.154 e. The predicted octanol–water partition coefficient (Wildman–Crippen LogP) is 2.18. The molecule has 2 aromatic rings. The van der Waals surface area contributed by atoms with Crippen LogP contribution < -0.4 is 5.32 Å². The highest BCUT2D eigenvalue weighted by molar-refractivity contribution is 5.38. The van der Waals surface area contributed by atoms with Crippen LogP contribution in [-0.2, 0) is 6.54 Å². The first-order chi connectivity index (χ1) is 8.13. The van der Waals surface area contributed by atoms with Gasteiger partial charge in [0.1, 0.15) is 5.69 Å². The van der Waals surface area contributed by atoms with E-state index >= 15 is 0 Å². The maximum Gasteiger partial charge on any atom is 0.154 e. The first-order valence-electron chi connectivity index (χ1n) is 5.27. The molecule has 1 heterocycles. The van der Waals surface area contributed by atoms with Crippen molar-refractivity contribution < 1.29 is 8.78 Å². The topological polar surface area (TPSA) is 29.9 Å². The number of hydrogen-bond acceptors (Lipinski definition) is 2. The zero-order chi connectivity index (χ0) is 12.4. The Morgan fingerprint density at radius 1 is 1.29 bits per heavy atom. The van der Waals surface area contributed by atoms with Gasteiger partial charge in [0.2, 0.25) is 0 Å². The van der Waals surface area contributed by atoms with Gasteiger partial charge in [-0.2, -0.15) is 5.10 Å². The molecule has 17 heavy (non-hydrogen) atoms. The van der Waals surface area contributed by atoms with Crippen LogP contribution in [0.2, 0.25) is 0 Å². The van der Waals surface area contributed by atoms with Gasteiger partial charge in [0, 0.05) is 12.7 Å². The third-order valence-corrected chi connectivity index (χ3v) is 2.49. The minimum atomic E-state index is -0.618. The molecule has 0 aliphatic carbocycles. The fourth-order valence-corrected chi connectivity index (χ4v) is 1.61. The van der Waals surface area contributed by atoms with E-state index in [1.807, 2.05) is 0 Å². The first kappa shape index (κ1) is 11.7. The average Bonchev–Trinajstić information content (AvgIpc) is 2.73. The molecule has 0 aliphatic rings. The lowest BCUT2D eigenvalue weighted by atomic mass is 10.2. The van der Waals surface area contributed by atoms with Gasteiger partial charge in [0.15, 0.2) is 11.6 Å². The lowest BCUT2D eigenvalue weighted by Crippen LogP contribution is -2.08. The van der Waals surface area contributed by atoms with Gasteiger partial charge in [0.05, 0.1) is 5.69 Å². The molecule has 0 saturated heterocycles.